The number of hydrogen-bond acceptors (Lipinski definition) is 12. The third-order valence-corrected chi connectivity index (χ3v) is 14.1. The van der Waals surface area contributed by atoms with Gasteiger partial charge in [-0.1, -0.05) is 111 Å². The minimum atomic E-state index is -0.242. The number of likely N-dealkylation sites (N-methyl/N-ethyl adjacent to an activating group) is 4. The van der Waals surface area contributed by atoms with Gasteiger partial charge in [-0.15, -0.1) is 0 Å². The van der Waals surface area contributed by atoms with Gasteiger partial charge in [-0.3, -0.25) is 19.2 Å². The number of hydrogen-bond donors (Lipinski definition) is 4. The van der Waals surface area contributed by atoms with Gasteiger partial charge in [0.1, 0.15) is 23.0 Å². The summed E-state index contributed by atoms with van der Waals surface area (Å²) in [6.07, 6.45) is 5.05. The molecule has 85 heavy (non-hydrogen) atoms. The van der Waals surface area contributed by atoms with E-state index in [9.17, 15) is 19.2 Å². The van der Waals surface area contributed by atoms with Crippen molar-refractivity contribution in [2.45, 2.75) is 114 Å². The Morgan fingerprint density at radius 3 is 0.918 bits per heavy atom. The van der Waals surface area contributed by atoms with E-state index >= 15 is 0 Å². The molecule has 4 amide bonds. The van der Waals surface area contributed by atoms with Crippen molar-refractivity contribution in [1.82, 2.24) is 40.9 Å². The Morgan fingerprint density at radius 1 is 0.365 bits per heavy atom. The van der Waals surface area contributed by atoms with Crippen LogP contribution in [0.2, 0.25) is 0 Å². The number of carbonyl (C=O) groups is 4. The molecule has 0 bridgehead atoms. The quantitative estimate of drug-likeness (QED) is 0.0341. The molecule has 0 aliphatic heterocycles. The predicted molar refractivity (Wildman–Crippen MR) is 346 cm³/mol. The van der Waals surface area contributed by atoms with Gasteiger partial charge in [0.15, 0.2) is 26.4 Å². The third kappa shape index (κ3) is 26.9. The highest BCUT2D eigenvalue weighted by Crippen LogP contribution is 2.39. The van der Waals surface area contributed by atoms with E-state index < -0.39 is 0 Å². The van der Waals surface area contributed by atoms with Crippen molar-refractivity contribution in [3.05, 3.63) is 116 Å². The van der Waals surface area contributed by atoms with Gasteiger partial charge in [0, 0.05) is 71.6 Å². The highest BCUT2D eigenvalue weighted by atomic mass is 16.5. The molecule has 0 unspecified atom stereocenters. The van der Waals surface area contributed by atoms with Crippen LogP contribution in [0.25, 0.3) is 0 Å². The van der Waals surface area contributed by atoms with Gasteiger partial charge in [-0.05, 0) is 179 Å². The van der Waals surface area contributed by atoms with E-state index in [-0.39, 0.29) is 50.1 Å². The molecule has 0 saturated carbocycles. The zero-order chi connectivity index (χ0) is 62.8. The number of amides is 4. The fraction of sp³-hybridized carbons (Fsp3) is 0.594. The highest BCUT2D eigenvalue weighted by molar-refractivity contribution is 5.79. The first-order valence-electron chi connectivity index (χ1n) is 31.0. The molecule has 4 rings (SSSR count). The summed E-state index contributed by atoms with van der Waals surface area (Å²) in [4.78, 5) is 62.2. The van der Waals surface area contributed by atoms with Crippen LogP contribution in [0.1, 0.15) is 124 Å². The van der Waals surface area contributed by atoms with Crippen LogP contribution in [0.15, 0.2) is 54.6 Å². The van der Waals surface area contributed by atoms with Crippen molar-refractivity contribution in [1.29, 1.82) is 0 Å². The summed E-state index contributed by atoms with van der Waals surface area (Å²) in [5.41, 5.74) is 10.9. The standard InChI is InChI=1S/C69H108N8O8/c1-18-55-34-52(30-48(4)5)35-58(67(55)83-44-64(79)71-22-26-75(12)13)41-59-38-54(32-50(8)9)39-61(69(59)85-46-66(81)73-24-28-77(16)17)42-60-37-53(31-49(6)7)36-57(68(60)84-45-65(80)72-23-27-76(14)15)40-56-33-51(29-47(2)3)19-20-62(56)82-43-63(78)70-21-25-74(10)11/h19-20,33-39,47-50H,18,21-32,40-46H2,1-17H3,(H,70,78)(H,71,79)(H,72,80)(H,73,81). The number of rotatable bonds is 39. The zero-order valence-corrected chi connectivity index (χ0v) is 55.2. The van der Waals surface area contributed by atoms with Crippen LogP contribution in [-0.4, -0.2) is 178 Å². The lowest BCUT2D eigenvalue weighted by molar-refractivity contribution is -0.123. The van der Waals surface area contributed by atoms with E-state index in [1.165, 1.54) is 5.56 Å². The first-order valence-corrected chi connectivity index (χ1v) is 31.0. The SMILES string of the molecule is CCc1cc(CC(C)C)cc(Cc2cc(CC(C)C)cc(Cc3cc(CC(C)C)cc(Cc4cc(CC(C)C)ccc4OCC(=O)NCCN(C)C)c3OCC(=O)NCCN(C)C)c2OCC(=O)NCCN(C)C)c1OCC(=O)NCCN(C)C. The van der Waals surface area contributed by atoms with Crippen LogP contribution in [0.3, 0.4) is 0 Å². The van der Waals surface area contributed by atoms with Gasteiger partial charge >= 0.3 is 0 Å². The number of nitrogens with zero attached hydrogens (tertiary/aromatic N) is 4. The summed E-state index contributed by atoms with van der Waals surface area (Å²) in [5.74, 6) is 2.95. The van der Waals surface area contributed by atoms with Gasteiger partial charge in [0.05, 0.1) is 0 Å². The first kappa shape index (κ1) is 71.3. The number of nitrogens with one attached hydrogen (secondary N) is 4. The van der Waals surface area contributed by atoms with Crippen molar-refractivity contribution in [2.24, 2.45) is 23.7 Å². The first-order chi connectivity index (χ1) is 40.3. The van der Waals surface area contributed by atoms with Gasteiger partial charge in [-0.25, -0.2) is 0 Å². The lowest BCUT2D eigenvalue weighted by Crippen LogP contribution is -2.34. The average molecular weight is 1180 g/mol. The van der Waals surface area contributed by atoms with Crippen molar-refractivity contribution in [3.63, 3.8) is 0 Å². The molecule has 0 radical (unpaired) electrons. The second-order valence-corrected chi connectivity index (χ2v) is 25.7. The summed E-state index contributed by atoms with van der Waals surface area (Å²) in [7, 11) is 15.8. The van der Waals surface area contributed by atoms with Crippen LogP contribution >= 0.6 is 0 Å². The van der Waals surface area contributed by atoms with Gasteiger partial charge in [0.2, 0.25) is 0 Å². The number of benzene rings is 4. The van der Waals surface area contributed by atoms with Crippen molar-refractivity contribution in [3.8, 4) is 23.0 Å². The smallest absolute Gasteiger partial charge is 0.257 e. The Kier molecular flexibility index (Phi) is 30.8. The maximum absolute atomic E-state index is 13.8. The molecule has 4 N–H and O–H groups in total. The van der Waals surface area contributed by atoms with Crippen molar-refractivity contribution < 1.29 is 38.1 Å². The summed E-state index contributed by atoms with van der Waals surface area (Å²) in [5, 5.41) is 12.1. The molecule has 16 heteroatoms. The molecule has 4 aromatic carbocycles. The minimum absolute atomic E-state index is 0.139. The fourth-order valence-electron chi connectivity index (χ4n) is 10.3. The molecule has 0 aliphatic carbocycles. The summed E-state index contributed by atoms with van der Waals surface area (Å²) in [6, 6.07) is 19.5. The molecular weight excluding hydrogens is 1070 g/mol. The van der Waals surface area contributed by atoms with Crippen LogP contribution in [0.4, 0.5) is 0 Å². The molecule has 0 aliphatic rings. The van der Waals surface area contributed by atoms with Crippen molar-refractivity contribution >= 4 is 23.6 Å². The van der Waals surface area contributed by atoms with Crippen molar-refractivity contribution in [2.75, 3.05) is 135 Å². The highest BCUT2D eigenvalue weighted by Gasteiger charge is 2.24. The number of carbonyl (C=O) groups excluding carboxylic acids is 4. The maximum Gasteiger partial charge on any atom is 0.257 e. The van der Waals surface area contributed by atoms with E-state index in [0.717, 1.165) is 81.3 Å². The number of aryl methyl sites for hydroxylation is 1. The molecular formula is C69H108N8O8. The fourth-order valence-corrected chi connectivity index (χ4v) is 10.3. The van der Waals surface area contributed by atoms with Gasteiger partial charge in [0.25, 0.3) is 23.6 Å². The van der Waals surface area contributed by atoms with E-state index in [1.54, 1.807) is 0 Å². The summed E-state index contributed by atoms with van der Waals surface area (Å²) >= 11 is 0. The minimum Gasteiger partial charge on any atom is -0.483 e. The summed E-state index contributed by atoms with van der Waals surface area (Å²) < 4.78 is 26.8. The van der Waals surface area contributed by atoms with E-state index in [4.69, 9.17) is 18.9 Å². The molecule has 0 aromatic heterocycles. The molecule has 4 aromatic rings. The molecule has 472 valence electrons. The maximum atomic E-state index is 13.8. The monoisotopic (exact) mass is 1180 g/mol. The average Bonchev–Trinajstić information content (AvgIpc) is 2.91. The molecule has 0 spiro atoms. The zero-order valence-electron chi connectivity index (χ0n) is 55.2. The molecule has 0 heterocycles. The lowest BCUT2D eigenvalue weighted by Gasteiger charge is -2.24. The lowest BCUT2D eigenvalue weighted by atomic mass is 9.88. The summed E-state index contributed by atoms with van der Waals surface area (Å²) in [6.45, 7) is 23.7. The van der Waals surface area contributed by atoms with E-state index in [2.05, 4.69) is 132 Å². The van der Waals surface area contributed by atoms with Crippen LogP contribution in [0.5, 0.6) is 23.0 Å². The Balaban J connectivity index is 2.06. The van der Waals surface area contributed by atoms with Gasteiger partial charge < -0.3 is 59.8 Å². The van der Waals surface area contributed by atoms with Crippen LogP contribution in [0, 0.1) is 23.7 Å². The number of ether oxygens (including phenoxy) is 4. The molecule has 16 nitrogen and oxygen atoms in total. The normalized spacial score (nSPS) is 11.7. The second kappa shape index (κ2) is 36.7. The van der Waals surface area contributed by atoms with E-state index in [0.29, 0.717) is 125 Å². The third-order valence-electron chi connectivity index (χ3n) is 14.1. The Morgan fingerprint density at radius 2 is 0.624 bits per heavy atom. The second-order valence-electron chi connectivity index (χ2n) is 25.7. The topological polar surface area (TPSA) is 166 Å². The Bertz CT molecular complexity index is 2740. The van der Waals surface area contributed by atoms with Gasteiger partial charge in [-0.2, -0.15) is 0 Å². The largest absolute Gasteiger partial charge is 0.483 e. The van der Waals surface area contributed by atoms with Crippen LogP contribution < -0.4 is 40.2 Å². The predicted octanol–water partition coefficient (Wildman–Crippen LogP) is 8.04. The molecule has 0 atom stereocenters. The molecule has 0 fully saturated rings. The Hall–Kier alpha value is -6.20. The van der Waals surface area contributed by atoms with E-state index in [1.807, 2.05) is 82.0 Å². The Labute approximate surface area is 511 Å². The molecule has 0 saturated heterocycles. The van der Waals surface area contributed by atoms with Crippen LogP contribution in [-0.2, 0) is 70.5 Å².